The van der Waals surface area contributed by atoms with Crippen LogP contribution in [0, 0.1) is 0 Å². The molecule has 0 aliphatic carbocycles. The molecular weight excluding hydrogens is 366 g/mol. The van der Waals surface area contributed by atoms with Gasteiger partial charge >= 0.3 is 0 Å². The van der Waals surface area contributed by atoms with Crippen LogP contribution in [0.5, 0.6) is 0 Å². The van der Waals surface area contributed by atoms with Crippen LogP contribution in [0.3, 0.4) is 0 Å². The van der Waals surface area contributed by atoms with E-state index >= 15 is 0 Å². The van der Waals surface area contributed by atoms with Crippen LogP contribution < -0.4 is 0 Å². The van der Waals surface area contributed by atoms with E-state index < -0.39 is 6.10 Å². The highest BCUT2D eigenvalue weighted by Crippen LogP contribution is 2.25. The Bertz CT molecular complexity index is 889. The molecule has 1 unspecified atom stereocenters. The predicted molar refractivity (Wildman–Crippen MR) is 111 cm³/mol. The number of carbonyl (C=O) groups is 1. The van der Waals surface area contributed by atoms with E-state index in [-0.39, 0.29) is 18.1 Å². The summed E-state index contributed by atoms with van der Waals surface area (Å²) in [6.07, 6.45) is 1.84. The number of benzene rings is 1. The molecule has 0 amide bonds. The fourth-order valence-corrected chi connectivity index (χ4v) is 4.05. The zero-order chi connectivity index (χ0) is 20.2. The van der Waals surface area contributed by atoms with Gasteiger partial charge in [0.25, 0.3) is 0 Å². The molecule has 1 N–H and O–H groups in total. The van der Waals surface area contributed by atoms with Gasteiger partial charge in [-0.15, -0.1) is 0 Å². The molecule has 0 bridgehead atoms. The third-order valence-corrected chi connectivity index (χ3v) is 5.63. The molecule has 6 nitrogen and oxygen atoms in total. The molecule has 1 fully saturated rings. The highest BCUT2D eigenvalue weighted by molar-refractivity contribution is 6.01. The maximum absolute atomic E-state index is 12.7. The monoisotopic (exact) mass is 393 g/mol. The fraction of sp³-hybridized carbons (Fsp3) is 0.435. The van der Waals surface area contributed by atoms with Gasteiger partial charge in [0, 0.05) is 49.3 Å². The summed E-state index contributed by atoms with van der Waals surface area (Å²) in [4.78, 5) is 24.2. The number of aliphatic imine (C=N–C) groups is 1. The fourth-order valence-electron chi connectivity index (χ4n) is 4.05. The summed E-state index contributed by atoms with van der Waals surface area (Å²) >= 11 is 0. The zero-order valence-corrected chi connectivity index (χ0v) is 16.8. The van der Waals surface area contributed by atoms with Crippen molar-refractivity contribution in [2.45, 2.75) is 38.3 Å². The number of hydrogen-bond acceptors (Lipinski definition) is 6. The predicted octanol–water partition coefficient (Wildman–Crippen LogP) is 2.34. The second kappa shape index (κ2) is 8.84. The van der Waals surface area contributed by atoms with Gasteiger partial charge in [0.1, 0.15) is 11.6 Å². The highest BCUT2D eigenvalue weighted by Gasteiger charge is 2.25. The van der Waals surface area contributed by atoms with E-state index in [4.69, 9.17) is 4.74 Å². The summed E-state index contributed by atoms with van der Waals surface area (Å²) in [5.41, 5.74) is 3.94. The number of hydrogen-bond donors (Lipinski definition) is 1. The number of ether oxygens (including phenoxy) is 1. The molecule has 6 heteroatoms. The maximum atomic E-state index is 12.7. The van der Waals surface area contributed by atoms with Crippen LogP contribution in [0.1, 0.15) is 41.6 Å². The van der Waals surface area contributed by atoms with Crippen molar-refractivity contribution >= 4 is 11.6 Å². The Morgan fingerprint density at radius 3 is 2.72 bits per heavy atom. The number of carbonyl (C=O) groups excluding carboxylic acids is 1. The maximum Gasteiger partial charge on any atom is 0.139 e. The summed E-state index contributed by atoms with van der Waals surface area (Å²) in [6.45, 7) is 5.51. The number of pyridine rings is 1. The number of nitrogens with zero attached hydrogens (tertiary/aromatic N) is 3. The molecule has 4 rings (SSSR count). The number of rotatable bonds is 6. The number of morpholine rings is 1. The number of aliphatic hydroxyl groups is 1. The lowest BCUT2D eigenvalue weighted by Gasteiger charge is -2.28. The molecule has 2 atom stereocenters. The molecule has 2 aliphatic rings. The van der Waals surface area contributed by atoms with Crippen LogP contribution in [0.2, 0.25) is 0 Å². The number of aromatic nitrogens is 1. The smallest absolute Gasteiger partial charge is 0.139 e. The molecule has 2 aliphatic heterocycles. The summed E-state index contributed by atoms with van der Waals surface area (Å²) < 4.78 is 5.42. The zero-order valence-electron chi connectivity index (χ0n) is 16.8. The van der Waals surface area contributed by atoms with Crippen molar-refractivity contribution in [1.29, 1.82) is 0 Å². The normalized spacial score (nSPS) is 18.1. The van der Waals surface area contributed by atoms with Crippen molar-refractivity contribution < 1.29 is 14.6 Å². The summed E-state index contributed by atoms with van der Waals surface area (Å²) in [5.74, 6) is 0.876. The number of Topliss-reactive ketones (excluding diaryl/α,β-unsaturated/α-hetero) is 1. The van der Waals surface area contributed by atoms with Crippen molar-refractivity contribution in [2.75, 3.05) is 26.3 Å². The minimum absolute atomic E-state index is 0.0829. The van der Waals surface area contributed by atoms with Crippen LogP contribution >= 0.6 is 0 Å². The summed E-state index contributed by atoms with van der Waals surface area (Å²) in [5, 5.41) is 10.2. The van der Waals surface area contributed by atoms with Gasteiger partial charge in [0.2, 0.25) is 0 Å². The van der Waals surface area contributed by atoms with Crippen molar-refractivity contribution in [1.82, 2.24) is 9.88 Å². The summed E-state index contributed by atoms with van der Waals surface area (Å²) in [7, 11) is 0. The van der Waals surface area contributed by atoms with Crippen LogP contribution in [0.25, 0.3) is 0 Å². The molecule has 152 valence electrons. The van der Waals surface area contributed by atoms with Gasteiger partial charge in [-0.2, -0.15) is 0 Å². The van der Waals surface area contributed by atoms with Gasteiger partial charge in [0.15, 0.2) is 0 Å². The minimum atomic E-state index is -0.584. The third kappa shape index (κ3) is 4.54. The standard InChI is InChI=1S/C23H27N3O3/c1-16(27)21(17-5-3-2-4-6-17)13-20(28)12-19-11-18-14-25-23(22(18)15-24-19)26-7-9-29-10-8-26/h2-6,11,15-16,21,27H,7-10,12-14H2,1H3/t16?,21-/m1/s1. The first-order valence-electron chi connectivity index (χ1n) is 10.2. The first-order chi connectivity index (χ1) is 14.1. The van der Waals surface area contributed by atoms with E-state index in [0.717, 1.165) is 54.5 Å². The Labute approximate surface area is 171 Å². The number of ketones is 1. The lowest BCUT2D eigenvalue weighted by atomic mass is 9.88. The van der Waals surface area contributed by atoms with Crippen LogP contribution in [-0.2, 0) is 22.5 Å². The van der Waals surface area contributed by atoms with E-state index in [1.807, 2.05) is 42.6 Å². The van der Waals surface area contributed by atoms with Crippen molar-refractivity contribution in [3.8, 4) is 0 Å². The van der Waals surface area contributed by atoms with E-state index in [0.29, 0.717) is 13.0 Å². The quantitative estimate of drug-likeness (QED) is 0.815. The third-order valence-electron chi connectivity index (χ3n) is 5.63. The molecule has 0 saturated carbocycles. The van der Waals surface area contributed by atoms with Gasteiger partial charge < -0.3 is 14.7 Å². The van der Waals surface area contributed by atoms with Gasteiger partial charge in [-0.1, -0.05) is 30.3 Å². The largest absolute Gasteiger partial charge is 0.393 e. The average molecular weight is 393 g/mol. The van der Waals surface area contributed by atoms with Gasteiger partial charge in [-0.25, -0.2) is 0 Å². The SMILES string of the molecule is CC(O)[C@@H](CC(=O)Cc1cc2c(cn1)C(N1CCOCC1)=NC2)c1ccccc1. The van der Waals surface area contributed by atoms with E-state index in [9.17, 15) is 9.90 Å². The van der Waals surface area contributed by atoms with Crippen molar-refractivity contribution in [3.63, 3.8) is 0 Å². The molecule has 1 saturated heterocycles. The molecule has 3 heterocycles. The Morgan fingerprint density at radius 2 is 2.00 bits per heavy atom. The topological polar surface area (TPSA) is 75.0 Å². The van der Waals surface area contributed by atoms with Crippen LogP contribution in [0.15, 0.2) is 47.6 Å². The lowest BCUT2D eigenvalue weighted by Crippen LogP contribution is -2.40. The number of amidine groups is 1. The minimum Gasteiger partial charge on any atom is -0.393 e. The molecule has 2 aromatic rings. The Kier molecular flexibility index (Phi) is 6.02. The molecule has 29 heavy (non-hydrogen) atoms. The van der Waals surface area contributed by atoms with E-state index in [1.165, 1.54) is 0 Å². The molecular formula is C23H27N3O3. The van der Waals surface area contributed by atoms with Gasteiger partial charge in [0.05, 0.1) is 25.9 Å². The Morgan fingerprint density at radius 1 is 1.24 bits per heavy atom. The van der Waals surface area contributed by atoms with Crippen molar-refractivity contribution in [2.24, 2.45) is 4.99 Å². The highest BCUT2D eigenvalue weighted by atomic mass is 16.5. The van der Waals surface area contributed by atoms with E-state index in [2.05, 4.69) is 14.9 Å². The number of fused-ring (bicyclic) bond motifs is 1. The first-order valence-corrected chi connectivity index (χ1v) is 10.2. The average Bonchev–Trinajstić information content (AvgIpc) is 3.16. The molecule has 1 aromatic carbocycles. The lowest BCUT2D eigenvalue weighted by molar-refractivity contribution is -0.119. The molecule has 0 spiro atoms. The molecule has 1 aromatic heterocycles. The molecule has 0 radical (unpaired) electrons. The van der Waals surface area contributed by atoms with Crippen molar-refractivity contribution in [3.05, 3.63) is 65.0 Å². The second-order valence-corrected chi connectivity index (χ2v) is 7.75. The van der Waals surface area contributed by atoms with Gasteiger partial charge in [-0.3, -0.25) is 14.8 Å². The second-order valence-electron chi connectivity index (χ2n) is 7.75. The van der Waals surface area contributed by atoms with Crippen LogP contribution in [0.4, 0.5) is 0 Å². The first kappa shape index (κ1) is 19.7. The summed E-state index contributed by atoms with van der Waals surface area (Å²) in [6, 6.07) is 11.7. The number of aliphatic hydroxyl groups excluding tert-OH is 1. The van der Waals surface area contributed by atoms with Crippen LogP contribution in [-0.4, -0.2) is 59.0 Å². The van der Waals surface area contributed by atoms with E-state index in [1.54, 1.807) is 6.92 Å². The Hall–Kier alpha value is -2.57. The Balaban J connectivity index is 1.42. The van der Waals surface area contributed by atoms with Gasteiger partial charge in [-0.05, 0) is 24.1 Å².